The number of benzene rings is 1. The summed E-state index contributed by atoms with van der Waals surface area (Å²) in [5.41, 5.74) is 0.486. The Hall–Kier alpha value is -2.61. The number of aromatic nitrogens is 3. The highest BCUT2D eigenvalue weighted by Gasteiger charge is 2.25. The Kier molecular flexibility index (Phi) is 5.99. The molecule has 0 bridgehead atoms. The number of furan rings is 1. The van der Waals surface area contributed by atoms with Crippen molar-refractivity contribution in [3.63, 3.8) is 0 Å². The van der Waals surface area contributed by atoms with E-state index in [4.69, 9.17) is 4.42 Å². The monoisotopic (exact) mass is 414 g/mol. The lowest BCUT2D eigenvalue weighted by Gasteiger charge is -2.27. The third-order valence-corrected chi connectivity index (χ3v) is 6.09. The maximum absolute atomic E-state index is 13.2. The summed E-state index contributed by atoms with van der Waals surface area (Å²) in [5.74, 6) is 1.20. The maximum atomic E-state index is 13.2. The van der Waals surface area contributed by atoms with E-state index in [0.717, 1.165) is 37.6 Å². The molecule has 0 radical (unpaired) electrons. The number of thioether (sulfide) groups is 1. The summed E-state index contributed by atoms with van der Waals surface area (Å²) in [6, 6.07) is 9.41. The number of piperidine rings is 1. The van der Waals surface area contributed by atoms with E-state index in [1.54, 1.807) is 6.26 Å². The van der Waals surface area contributed by atoms with Crippen LogP contribution in [0, 0.1) is 5.82 Å². The van der Waals surface area contributed by atoms with Crippen molar-refractivity contribution in [3.05, 3.63) is 59.8 Å². The molecule has 29 heavy (non-hydrogen) atoms. The summed E-state index contributed by atoms with van der Waals surface area (Å²) < 4.78 is 20.7. The van der Waals surface area contributed by atoms with Gasteiger partial charge in [0.2, 0.25) is 5.95 Å². The van der Waals surface area contributed by atoms with Gasteiger partial charge in [-0.1, -0.05) is 11.8 Å². The lowest BCUT2D eigenvalue weighted by Crippen LogP contribution is -2.32. The predicted octanol–water partition coefficient (Wildman–Crippen LogP) is 4.41. The molecule has 1 unspecified atom stereocenters. The van der Waals surface area contributed by atoms with Gasteiger partial charge in [0.15, 0.2) is 10.9 Å². The molecule has 6 nitrogen and oxygen atoms in total. The van der Waals surface area contributed by atoms with Crippen LogP contribution in [-0.2, 0) is 6.54 Å². The summed E-state index contributed by atoms with van der Waals surface area (Å²) in [6.45, 7) is 4.24. The molecule has 1 aliphatic rings. The van der Waals surface area contributed by atoms with Gasteiger partial charge in [0.1, 0.15) is 11.6 Å². The largest absolute Gasteiger partial charge is 0.467 e. The number of hydrogen-bond acceptors (Lipinski definition) is 6. The van der Waals surface area contributed by atoms with E-state index in [1.807, 2.05) is 23.6 Å². The van der Waals surface area contributed by atoms with E-state index >= 15 is 0 Å². The second kappa shape index (κ2) is 8.82. The molecule has 3 aromatic rings. The predicted molar refractivity (Wildman–Crippen MR) is 110 cm³/mol. The average molecular weight is 415 g/mol. The molecule has 4 rings (SSSR count). The van der Waals surface area contributed by atoms with E-state index in [-0.39, 0.29) is 16.9 Å². The smallest absolute Gasteiger partial charge is 0.228 e. The highest BCUT2D eigenvalue weighted by Crippen LogP contribution is 2.29. The molecule has 0 amide bonds. The van der Waals surface area contributed by atoms with Crippen molar-refractivity contribution in [2.75, 3.05) is 18.0 Å². The van der Waals surface area contributed by atoms with Crippen LogP contribution in [0.3, 0.4) is 0 Å². The fraction of sp³-hybridized carbons (Fsp3) is 0.381. The normalized spacial score (nSPS) is 15.4. The molecule has 1 aromatic carbocycles. The van der Waals surface area contributed by atoms with Crippen LogP contribution in [0.25, 0.3) is 0 Å². The Morgan fingerprint density at radius 3 is 2.62 bits per heavy atom. The zero-order chi connectivity index (χ0) is 20.2. The Balaban J connectivity index is 1.57. The summed E-state index contributed by atoms with van der Waals surface area (Å²) >= 11 is 1.36. The first kappa shape index (κ1) is 19.7. The van der Waals surface area contributed by atoms with Crippen LogP contribution < -0.4 is 4.90 Å². The molecular formula is C21H23FN4O2S. The van der Waals surface area contributed by atoms with Crippen molar-refractivity contribution in [2.45, 2.75) is 43.1 Å². The molecule has 1 aliphatic heterocycles. The van der Waals surface area contributed by atoms with Crippen molar-refractivity contribution in [3.8, 4) is 0 Å². The van der Waals surface area contributed by atoms with Gasteiger partial charge in [-0.05, 0) is 62.6 Å². The SMILES string of the molecule is CC(Sc1nnc(N2CCCCC2)n1Cc1ccco1)C(=O)c1ccc(F)cc1. The van der Waals surface area contributed by atoms with Gasteiger partial charge >= 0.3 is 0 Å². The lowest BCUT2D eigenvalue weighted by molar-refractivity contribution is 0.0994. The van der Waals surface area contributed by atoms with Crippen molar-refractivity contribution < 1.29 is 13.6 Å². The third kappa shape index (κ3) is 4.53. The first-order valence-corrected chi connectivity index (χ1v) is 10.7. The first-order valence-electron chi connectivity index (χ1n) is 9.79. The second-order valence-corrected chi connectivity index (χ2v) is 8.43. The molecule has 0 N–H and O–H groups in total. The number of carbonyl (C=O) groups excluding carboxylic acids is 1. The number of anilines is 1. The zero-order valence-corrected chi connectivity index (χ0v) is 17.1. The topological polar surface area (TPSA) is 64.2 Å². The van der Waals surface area contributed by atoms with Crippen LogP contribution in [0.5, 0.6) is 0 Å². The van der Waals surface area contributed by atoms with Gasteiger partial charge in [0, 0.05) is 18.7 Å². The molecule has 2 aromatic heterocycles. The highest BCUT2D eigenvalue weighted by molar-refractivity contribution is 8.00. The van der Waals surface area contributed by atoms with Gasteiger partial charge < -0.3 is 9.32 Å². The summed E-state index contributed by atoms with van der Waals surface area (Å²) in [7, 11) is 0. The van der Waals surface area contributed by atoms with Crippen molar-refractivity contribution in [1.82, 2.24) is 14.8 Å². The summed E-state index contributed by atoms with van der Waals surface area (Å²) in [5, 5.41) is 9.11. The number of hydrogen-bond donors (Lipinski definition) is 0. The maximum Gasteiger partial charge on any atom is 0.228 e. The highest BCUT2D eigenvalue weighted by atomic mass is 32.2. The van der Waals surface area contributed by atoms with Crippen LogP contribution in [-0.4, -0.2) is 38.9 Å². The van der Waals surface area contributed by atoms with E-state index in [1.165, 1.54) is 42.4 Å². The van der Waals surface area contributed by atoms with Gasteiger partial charge in [-0.15, -0.1) is 10.2 Å². The van der Waals surface area contributed by atoms with Gasteiger partial charge in [-0.25, -0.2) is 4.39 Å². The van der Waals surface area contributed by atoms with E-state index in [2.05, 4.69) is 15.1 Å². The Labute approximate surface area is 173 Å². The average Bonchev–Trinajstić information content (AvgIpc) is 3.39. The molecule has 0 aliphatic carbocycles. The Bertz CT molecular complexity index is 950. The molecule has 0 spiro atoms. The van der Waals surface area contributed by atoms with Gasteiger partial charge in [0.05, 0.1) is 18.1 Å². The fourth-order valence-corrected chi connectivity index (χ4v) is 4.37. The van der Waals surface area contributed by atoms with Crippen molar-refractivity contribution in [2.24, 2.45) is 0 Å². The minimum absolute atomic E-state index is 0.0675. The fourth-order valence-electron chi connectivity index (χ4n) is 3.45. The Morgan fingerprint density at radius 1 is 1.17 bits per heavy atom. The summed E-state index contributed by atoms with van der Waals surface area (Å²) in [4.78, 5) is 15.0. The molecule has 8 heteroatoms. The number of rotatable bonds is 7. The molecule has 1 fully saturated rings. The third-order valence-electron chi connectivity index (χ3n) is 5.01. The number of carbonyl (C=O) groups is 1. The standard InChI is InChI=1S/C21H23FN4O2S/c1-15(19(27)16-7-9-17(22)10-8-16)29-21-24-23-20(25-11-3-2-4-12-25)26(21)14-18-6-5-13-28-18/h5-10,13,15H,2-4,11-12,14H2,1H3. The molecule has 0 saturated carbocycles. The number of nitrogens with zero attached hydrogens (tertiary/aromatic N) is 4. The lowest BCUT2D eigenvalue weighted by atomic mass is 10.1. The van der Waals surface area contributed by atoms with Crippen LogP contribution in [0.15, 0.2) is 52.2 Å². The number of Topliss-reactive ketones (excluding diaryl/α,β-unsaturated/α-hetero) is 1. The van der Waals surface area contributed by atoms with Gasteiger partial charge in [0.25, 0.3) is 0 Å². The molecule has 152 valence electrons. The van der Waals surface area contributed by atoms with Crippen LogP contribution >= 0.6 is 11.8 Å². The molecule has 1 atom stereocenters. The zero-order valence-electron chi connectivity index (χ0n) is 16.3. The molecular weight excluding hydrogens is 391 g/mol. The molecule has 1 saturated heterocycles. The first-order chi connectivity index (χ1) is 14.1. The minimum Gasteiger partial charge on any atom is -0.467 e. The van der Waals surface area contributed by atoms with Gasteiger partial charge in [-0.3, -0.25) is 9.36 Å². The Morgan fingerprint density at radius 2 is 1.93 bits per heavy atom. The van der Waals surface area contributed by atoms with Crippen LogP contribution in [0.1, 0.15) is 42.3 Å². The van der Waals surface area contributed by atoms with Crippen molar-refractivity contribution in [1.29, 1.82) is 0 Å². The van der Waals surface area contributed by atoms with Gasteiger partial charge in [-0.2, -0.15) is 0 Å². The van der Waals surface area contributed by atoms with E-state index < -0.39 is 0 Å². The minimum atomic E-state index is -0.380. The quantitative estimate of drug-likeness (QED) is 0.421. The van der Waals surface area contributed by atoms with Crippen molar-refractivity contribution >= 4 is 23.5 Å². The van der Waals surface area contributed by atoms with E-state index in [9.17, 15) is 9.18 Å². The molecule has 3 heterocycles. The van der Waals surface area contributed by atoms with E-state index in [0.29, 0.717) is 17.3 Å². The summed E-state index contributed by atoms with van der Waals surface area (Å²) in [6.07, 6.45) is 5.15. The second-order valence-electron chi connectivity index (χ2n) is 7.13. The van der Waals surface area contributed by atoms with Crippen LogP contribution in [0.2, 0.25) is 0 Å². The number of halogens is 1. The number of ketones is 1. The van der Waals surface area contributed by atoms with Crippen LogP contribution in [0.4, 0.5) is 10.3 Å².